The van der Waals surface area contributed by atoms with Gasteiger partial charge < -0.3 is 30.5 Å². The van der Waals surface area contributed by atoms with E-state index in [4.69, 9.17) is 25.0 Å². The van der Waals surface area contributed by atoms with Crippen LogP contribution in [-0.4, -0.2) is 92.0 Å². The summed E-state index contributed by atoms with van der Waals surface area (Å²) in [6, 6.07) is 1.16. The van der Waals surface area contributed by atoms with Gasteiger partial charge in [-0.3, -0.25) is 9.36 Å². The molecule has 2 heterocycles. The summed E-state index contributed by atoms with van der Waals surface area (Å²) in [5.41, 5.74) is 7.77. The van der Waals surface area contributed by atoms with Crippen molar-refractivity contribution in [2.45, 2.75) is 127 Å². The van der Waals surface area contributed by atoms with E-state index >= 15 is 0 Å². The van der Waals surface area contributed by atoms with Crippen molar-refractivity contribution in [3.8, 4) is 0 Å². The van der Waals surface area contributed by atoms with Crippen LogP contribution in [0.2, 0.25) is 0 Å². The molecule has 0 radical (unpaired) electrons. The Morgan fingerprint density at radius 2 is 1.95 bits per heavy atom. The van der Waals surface area contributed by atoms with Crippen molar-refractivity contribution in [2.75, 3.05) is 30.5 Å². The van der Waals surface area contributed by atoms with E-state index in [0.29, 0.717) is 53.4 Å². The number of nitrogen functional groups attached to an aromatic ring is 1. The van der Waals surface area contributed by atoms with Crippen LogP contribution < -0.4 is 11.4 Å². The molecule has 0 bridgehead atoms. The van der Waals surface area contributed by atoms with Gasteiger partial charge in [0.15, 0.2) is 6.10 Å². The predicted octanol–water partition coefficient (Wildman–Crippen LogP) is 6.48. The molecule has 12 nitrogen and oxygen atoms in total. The second-order valence-electron chi connectivity index (χ2n) is 16.7. The summed E-state index contributed by atoms with van der Waals surface area (Å²) in [4.78, 5) is 39.3. The number of carbonyl (C=O) groups excluding carboxylic acids is 1. The summed E-state index contributed by atoms with van der Waals surface area (Å²) in [6.45, 7) is 8.74. The van der Waals surface area contributed by atoms with Crippen molar-refractivity contribution in [3.63, 3.8) is 0 Å². The fourth-order valence-electron chi connectivity index (χ4n) is 9.22. The van der Waals surface area contributed by atoms with Crippen LogP contribution in [0.4, 0.5) is 14.6 Å². The molecule has 58 heavy (non-hydrogen) atoms. The molecule has 6 rings (SSSR count). The highest BCUT2D eigenvalue weighted by atomic mass is 33.1. The molecule has 0 aromatic carbocycles. The van der Waals surface area contributed by atoms with Gasteiger partial charge in [-0.1, -0.05) is 71.9 Å². The lowest BCUT2D eigenvalue weighted by molar-refractivity contribution is -0.317. The number of aromatic nitrogens is 2. The minimum atomic E-state index is -3.82. The van der Waals surface area contributed by atoms with Crippen LogP contribution in [0.15, 0.2) is 64.7 Å². The van der Waals surface area contributed by atoms with Gasteiger partial charge in [-0.15, -0.1) is 0 Å². The Labute approximate surface area is 347 Å². The van der Waals surface area contributed by atoms with E-state index in [9.17, 15) is 33.7 Å². The van der Waals surface area contributed by atoms with Crippen LogP contribution in [0.25, 0.3) is 0 Å². The minimum absolute atomic E-state index is 0.0415. The number of nitrogens with two attached hydrogens (primary N) is 1. The molecule has 5 N–H and O–H groups in total. The number of aliphatic hydroxyl groups is 3. The Hall–Kier alpha value is -2.57. The predicted molar refractivity (Wildman–Crippen MR) is 219 cm³/mol. The van der Waals surface area contributed by atoms with E-state index in [-0.39, 0.29) is 23.8 Å². The number of rotatable bonds is 18. The molecule has 5 aliphatic rings. The molecule has 16 heteroatoms. The number of halogens is 2. The van der Waals surface area contributed by atoms with Crippen LogP contribution in [0.3, 0.4) is 0 Å². The second kappa shape index (κ2) is 19.9. The van der Waals surface area contributed by atoms with Gasteiger partial charge in [0.25, 0.3) is 0 Å². The highest BCUT2D eigenvalue weighted by Crippen LogP contribution is 2.59. The van der Waals surface area contributed by atoms with Crippen molar-refractivity contribution in [2.24, 2.45) is 29.1 Å². The molecule has 322 valence electrons. The summed E-state index contributed by atoms with van der Waals surface area (Å²) >= 11 is 0. The number of allylic oxidation sites excluding steroid dienone is 4. The maximum Gasteiger partial charge on any atom is 0.351 e. The van der Waals surface area contributed by atoms with Crippen molar-refractivity contribution >= 4 is 33.4 Å². The largest absolute Gasteiger partial charge is 0.463 e. The van der Waals surface area contributed by atoms with E-state index in [2.05, 4.69) is 49.7 Å². The SMILES string of the molecule is C=C1/C(=C\C=C2/CCC[C@@]3(C)C2CCC3[C@@H](C)/C=C/C(OOCCCSSCCC(=O)OCC2OC(n3ccc(N)nc3=O)C(F)(F)C2O)C2CC2)C[C@@H](O)C[C@@H]1O. The van der Waals surface area contributed by atoms with Crippen LogP contribution in [0.5, 0.6) is 0 Å². The highest BCUT2D eigenvalue weighted by molar-refractivity contribution is 8.76. The maximum atomic E-state index is 14.7. The highest BCUT2D eigenvalue weighted by Gasteiger charge is 2.60. The number of fused-ring (bicyclic) bond motifs is 1. The van der Waals surface area contributed by atoms with E-state index in [1.807, 2.05) is 0 Å². The van der Waals surface area contributed by atoms with Gasteiger partial charge >= 0.3 is 17.6 Å². The summed E-state index contributed by atoms with van der Waals surface area (Å²) in [5, 5.41) is 30.6. The number of hydrogen-bond acceptors (Lipinski definition) is 13. The lowest BCUT2D eigenvalue weighted by Gasteiger charge is -2.44. The molecule has 1 aromatic rings. The molecule has 1 aliphatic heterocycles. The average Bonchev–Trinajstić information content (AvgIpc) is 3.92. The Kier molecular flexibility index (Phi) is 15.4. The van der Waals surface area contributed by atoms with Crippen LogP contribution >= 0.6 is 21.6 Å². The topological polar surface area (TPSA) is 176 Å². The van der Waals surface area contributed by atoms with Crippen molar-refractivity contribution in [3.05, 3.63) is 70.3 Å². The Morgan fingerprint density at radius 3 is 2.71 bits per heavy atom. The minimum Gasteiger partial charge on any atom is -0.463 e. The van der Waals surface area contributed by atoms with Crippen LogP contribution in [0.1, 0.15) is 90.7 Å². The summed E-state index contributed by atoms with van der Waals surface area (Å²) in [6.07, 6.45) is 12.5. The number of anilines is 1. The first kappa shape index (κ1) is 45.0. The Bertz CT molecular complexity index is 1760. The van der Waals surface area contributed by atoms with E-state index < -0.39 is 54.8 Å². The molecule has 6 unspecified atom stereocenters. The van der Waals surface area contributed by atoms with Crippen LogP contribution in [0, 0.1) is 29.1 Å². The average molecular weight is 852 g/mol. The van der Waals surface area contributed by atoms with Gasteiger partial charge in [-0.25, -0.2) is 14.6 Å². The molecule has 5 fully saturated rings. The summed E-state index contributed by atoms with van der Waals surface area (Å²) < 4.78 is 40.3. The third-order valence-electron chi connectivity index (χ3n) is 12.6. The van der Waals surface area contributed by atoms with E-state index in [1.165, 1.54) is 35.6 Å². The molecule has 10 atom stereocenters. The number of carbonyl (C=O) groups is 1. The van der Waals surface area contributed by atoms with Gasteiger partial charge in [0.2, 0.25) is 6.23 Å². The third kappa shape index (κ3) is 10.8. The zero-order chi connectivity index (χ0) is 41.6. The van der Waals surface area contributed by atoms with Gasteiger partial charge in [0.1, 0.15) is 24.6 Å². The van der Waals surface area contributed by atoms with Gasteiger partial charge in [0.05, 0.1) is 25.2 Å². The zero-order valence-electron chi connectivity index (χ0n) is 33.4. The number of nitrogens with zero attached hydrogens (tertiary/aromatic N) is 2. The molecular weight excluding hydrogens is 793 g/mol. The Morgan fingerprint density at radius 1 is 1.17 bits per heavy atom. The normalized spacial score (nSPS) is 33.5. The van der Waals surface area contributed by atoms with Crippen molar-refractivity contribution < 1.29 is 48.1 Å². The number of ether oxygens (including phenoxy) is 2. The second-order valence-corrected chi connectivity index (χ2v) is 19.4. The number of hydrogen-bond donors (Lipinski definition) is 4. The van der Waals surface area contributed by atoms with Gasteiger partial charge in [-0.05, 0) is 104 Å². The quantitative estimate of drug-likeness (QED) is 0.0316. The number of alkyl halides is 2. The smallest absolute Gasteiger partial charge is 0.351 e. The number of esters is 1. The zero-order valence-corrected chi connectivity index (χ0v) is 35.0. The molecule has 1 saturated heterocycles. The first-order valence-corrected chi connectivity index (χ1v) is 23.0. The van der Waals surface area contributed by atoms with E-state index in [1.54, 1.807) is 10.8 Å². The maximum absolute atomic E-state index is 14.7. The number of aliphatic hydroxyl groups excluding tert-OH is 3. The summed E-state index contributed by atoms with van der Waals surface area (Å²) in [7, 11) is 3.07. The molecule has 4 aliphatic carbocycles. The third-order valence-corrected chi connectivity index (χ3v) is 15.1. The standard InChI is InChI=1S/C42H59F2N3O9S2/c1-25(31-12-13-32-27(6-4-17-41(31,32)3)8-11-29-22-30(48)23-33(49)26(29)2)7-14-34(28-9-10-28)56-54-19-5-20-57-58-21-16-37(50)53-24-35-38(51)42(43,44)39(55-35)47-18-15-36(45)46-40(47)52/h7-8,11,14-15,18,25,28,30-35,38-39,48-49,51H,2,4-6,9-10,12-13,16-17,19-24H2,1,3H3,(H2,45,46,52)/b14-7+,27-8+,29-11-/t25-,30+,31?,32?,33-,34?,35?,38?,39?,41+/m0/s1. The monoisotopic (exact) mass is 851 g/mol. The molecule has 0 amide bonds. The van der Waals surface area contributed by atoms with Gasteiger partial charge in [0, 0.05) is 24.1 Å². The molecule has 1 aromatic heterocycles. The van der Waals surface area contributed by atoms with Gasteiger partial charge in [-0.2, -0.15) is 13.8 Å². The molecule has 0 spiro atoms. The Balaban J connectivity index is 0.859. The summed E-state index contributed by atoms with van der Waals surface area (Å²) in [5.74, 6) is -1.40. The first-order valence-electron chi connectivity index (χ1n) is 20.6. The molecule has 4 saturated carbocycles. The van der Waals surface area contributed by atoms with Crippen molar-refractivity contribution in [1.29, 1.82) is 0 Å². The van der Waals surface area contributed by atoms with E-state index in [0.717, 1.165) is 61.3 Å². The lowest BCUT2D eigenvalue weighted by atomic mass is 9.61. The fourth-order valence-corrected chi connectivity index (χ4v) is 11.3. The molecular formula is C42H59F2N3O9S2. The first-order chi connectivity index (χ1) is 27.7. The van der Waals surface area contributed by atoms with Crippen LogP contribution in [-0.2, 0) is 24.0 Å². The lowest BCUT2D eigenvalue weighted by Crippen LogP contribution is -2.42. The van der Waals surface area contributed by atoms with Crippen molar-refractivity contribution in [1.82, 2.24) is 9.55 Å². The fraction of sp³-hybridized carbons (Fsp3) is 0.690.